The molecule has 3 heteroatoms. The van der Waals surface area contributed by atoms with E-state index in [1.807, 2.05) is 19.2 Å². The smallest absolute Gasteiger partial charge is 0.129 e. The minimum absolute atomic E-state index is 0.0740. The highest BCUT2D eigenvalue weighted by atomic mass is 16.5. The highest BCUT2D eigenvalue weighted by Gasteiger charge is 2.16. The van der Waals surface area contributed by atoms with Gasteiger partial charge in [-0.05, 0) is 49.7 Å². The first-order valence-corrected chi connectivity index (χ1v) is 6.47. The molecule has 1 aromatic heterocycles. The number of ether oxygens (including phenoxy) is 1. The molecule has 1 aromatic carbocycles. The molecule has 0 amide bonds. The molecule has 1 unspecified atom stereocenters. The van der Waals surface area contributed by atoms with Gasteiger partial charge in [-0.25, -0.2) is 0 Å². The van der Waals surface area contributed by atoms with Crippen LogP contribution in [0.4, 0.5) is 0 Å². The van der Waals surface area contributed by atoms with Crippen LogP contribution in [0.2, 0.25) is 0 Å². The fraction of sp³-hybridized carbons (Fsp3) is 0.375. The lowest BCUT2D eigenvalue weighted by Crippen LogP contribution is -2.17. The van der Waals surface area contributed by atoms with Gasteiger partial charge in [0.25, 0.3) is 0 Å². The average Bonchev–Trinajstić information content (AvgIpc) is 2.83. The van der Waals surface area contributed by atoms with Gasteiger partial charge in [0, 0.05) is 7.11 Å². The van der Waals surface area contributed by atoms with Gasteiger partial charge in [0.2, 0.25) is 0 Å². The quantitative estimate of drug-likeness (QED) is 0.894. The minimum Gasteiger partial charge on any atom is -0.462 e. The summed E-state index contributed by atoms with van der Waals surface area (Å²) in [7, 11) is 3.61. The van der Waals surface area contributed by atoms with Crippen LogP contribution in [0.1, 0.15) is 34.3 Å². The van der Waals surface area contributed by atoms with Crippen molar-refractivity contribution >= 4 is 0 Å². The topological polar surface area (TPSA) is 34.4 Å². The Kier molecular flexibility index (Phi) is 4.40. The molecule has 0 radical (unpaired) electrons. The highest BCUT2D eigenvalue weighted by molar-refractivity contribution is 5.35. The van der Waals surface area contributed by atoms with Gasteiger partial charge in [-0.2, -0.15) is 0 Å². The monoisotopic (exact) mass is 259 g/mol. The molecule has 0 aliphatic heterocycles. The third-order valence-electron chi connectivity index (χ3n) is 3.41. The Morgan fingerprint density at radius 2 is 1.95 bits per heavy atom. The first-order valence-electron chi connectivity index (χ1n) is 6.47. The summed E-state index contributed by atoms with van der Waals surface area (Å²) >= 11 is 0. The van der Waals surface area contributed by atoms with E-state index < -0.39 is 0 Å². The van der Waals surface area contributed by atoms with Crippen molar-refractivity contribution in [1.29, 1.82) is 0 Å². The second kappa shape index (κ2) is 6.04. The third kappa shape index (κ3) is 3.06. The molecule has 0 aliphatic rings. The van der Waals surface area contributed by atoms with Gasteiger partial charge in [0.1, 0.15) is 18.1 Å². The predicted molar refractivity (Wildman–Crippen MR) is 76.2 cm³/mol. The van der Waals surface area contributed by atoms with Crippen LogP contribution in [0.25, 0.3) is 0 Å². The zero-order valence-electron chi connectivity index (χ0n) is 12.0. The molecule has 2 rings (SSSR count). The molecule has 0 saturated carbocycles. The predicted octanol–water partition coefficient (Wildman–Crippen LogP) is 3.35. The van der Waals surface area contributed by atoms with E-state index in [1.54, 1.807) is 7.11 Å². The molecule has 0 spiro atoms. The van der Waals surface area contributed by atoms with Crippen LogP contribution in [0, 0.1) is 13.8 Å². The third-order valence-corrected chi connectivity index (χ3v) is 3.41. The average molecular weight is 259 g/mol. The number of rotatable bonds is 5. The van der Waals surface area contributed by atoms with Crippen LogP contribution in [0.15, 0.2) is 34.7 Å². The van der Waals surface area contributed by atoms with Crippen LogP contribution in [0.5, 0.6) is 0 Å². The van der Waals surface area contributed by atoms with Crippen molar-refractivity contribution in [2.75, 3.05) is 14.2 Å². The van der Waals surface area contributed by atoms with Crippen LogP contribution in [0.3, 0.4) is 0 Å². The van der Waals surface area contributed by atoms with E-state index in [0.29, 0.717) is 6.61 Å². The Labute approximate surface area is 114 Å². The van der Waals surface area contributed by atoms with Crippen molar-refractivity contribution in [2.45, 2.75) is 26.5 Å². The van der Waals surface area contributed by atoms with Gasteiger partial charge in [0.15, 0.2) is 0 Å². The number of nitrogens with one attached hydrogen (secondary N) is 1. The van der Waals surface area contributed by atoms with E-state index in [9.17, 15) is 0 Å². The van der Waals surface area contributed by atoms with E-state index in [2.05, 4.69) is 37.4 Å². The Morgan fingerprint density at radius 3 is 2.58 bits per heavy atom. The number of methoxy groups -OCH3 is 1. The normalized spacial score (nSPS) is 12.6. The molecular weight excluding hydrogens is 238 g/mol. The van der Waals surface area contributed by atoms with E-state index in [1.165, 1.54) is 16.7 Å². The van der Waals surface area contributed by atoms with Crippen LogP contribution in [-0.4, -0.2) is 14.2 Å². The fourth-order valence-electron chi connectivity index (χ4n) is 2.19. The number of hydrogen-bond acceptors (Lipinski definition) is 3. The lowest BCUT2D eigenvalue weighted by molar-refractivity contribution is 0.162. The van der Waals surface area contributed by atoms with Gasteiger partial charge in [0.05, 0.1) is 6.04 Å². The molecule has 102 valence electrons. The van der Waals surface area contributed by atoms with Crippen molar-refractivity contribution < 1.29 is 9.15 Å². The van der Waals surface area contributed by atoms with Crippen molar-refractivity contribution in [1.82, 2.24) is 5.32 Å². The molecule has 1 N–H and O–H groups in total. The lowest BCUT2D eigenvalue weighted by Gasteiger charge is -2.15. The molecular formula is C16H21NO2. The Morgan fingerprint density at radius 1 is 1.16 bits per heavy atom. The van der Waals surface area contributed by atoms with Gasteiger partial charge in [-0.3, -0.25) is 0 Å². The van der Waals surface area contributed by atoms with Crippen LogP contribution >= 0.6 is 0 Å². The molecule has 0 saturated heterocycles. The molecule has 0 bridgehead atoms. The Bertz CT molecular complexity index is 545. The summed E-state index contributed by atoms with van der Waals surface area (Å²) in [4.78, 5) is 0. The van der Waals surface area contributed by atoms with Crippen LogP contribution in [-0.2, 0) is 11.3 Å². The summed E-state index contributed by atoms with van der Waals surface area (Å²) in [6.07, 6.45) is 0. The van der Waals surface area contributed by atoms with Crippen molar-refractivity contribution in [3.8, 4) is 0 Å². The number of hydrogen-bond donors (Lipinski definition) is 1. The van der Waals surface area contributed by atoms with E-state index in [0.717, 1.165) is 11.5 Å². The number of furan rings is 1. The maximum absolute atomic E-state index is 5.81. The van der Waals surface area contributed by atoms with Gasteiger partial charge in [-0.15, -0.1) is 0 Å². The van der Waals surface area contributed by atoms with E-state index in [4.69, 9.17) is 9.15 Å². The second-order valence-corrected chi connectivity index (χ2v) is 4.80. The molecule has 0 aliphatic carbocycles. The summed E-state index contributed by atoms with van der Waals surface area (Å²) in [6.45, 7) is 4.75. The summed E-state index contributed by atoms with van der Waals surface area (Å²) in [5, 5.41) is 3.30. The summed E-state index contributed by atoms with van der Waals surface area (Å²) in [5.74, 6) is 1.76. The first-order chi connectivity index (χ1) is 9.15. The van der Waals surface area contributed by atoms with Crippen molar-refractivity contribution in [2.24, 2.45) is 0 Å². The summed E-state index contributed by atoms with van der Waals surface area (Å²) < 4.78 is 10.9. The standard InChI is InChI=1S/C16H21NO2/c1-11-5-6-13(9-12(11)2)16(17-3)15-8-7-14(19-15)10-18-4/h5-9,16-17H,10H2,1-4H3. The van der Waals surface area contributed by atoms with Crippen molar-refractivity contribution in [3.63, 3.8) is 0 Å². The van der Waals surface area contributed by atoms with Crippen molar-refractivity contribution in [3.05, 3.63) is 58.5 Å². The van der Waals surface area contributed by atoms with E-state index in [-0.39, 0.29) is 6.04 Å². The molecule has 19 heavy (non-hydrogen) atoms. The largest absolute Gasteiger partial charge is 0.462 e. The summed E-state index contributed by atoms with van der Waals surface area (Å²) in [5.41, 5.74) is 3.81. The maximum atomic E-state index is 5.81. The Balaban J connectivity index is 2.29. The minimum atomic E-state index is 0.0740. The number of benzene rings is 1. The lowest BCUT2D eigenvalue weighted by atomic mass is 10.00. The van der Waals surface area contributed by atoms with Gasteiger partial charge >= 0.3 is 0 Å². The van der Waals surface area contributed by atoms with E-state index >= 15 is 0 Å². The second-order valence-electron chi connectivity index (χ2n) is 4.80. The van der Waals surface area contributed by atoms with Gasteiger partial charge < -0.3 is 14.5 Å². The zero-order chi connectivity index (χ0) is 13.8. The summed E-state index contributed by atoms with van der Waals surface area (Å²) in [6, 6.07) is 10.5. The van der Waals surface area contributed by atoms with Gasteiger partial charge in [-0.1, -0.05) is 18.2 Å². The fourth-order valence-corrected chi connectivity index (χ4v) is 2.19. The highest BCUT2D eigenvalue weighted by Crippen LogP contribution is 2.25. The number of aryl methyl sites for hydroxylation is 2. The SMILES string of the molecule is CNC(c1ccc(C)c(C)c1)c1ccc(COC)o1. The molecule has 1 atom stereocenters. The first kappa shape index (κ1) is 13.8. The molecule has 3 nitrogen and oxygen atoms in total. The molecule has 1 heterocycles. The molecule has 2 aromatic rings. The Hall–Kier alpha value is -1.58. The maximum Gasteiger partial charge on any atom is 0.129 e. The zero-order valence-corrected chi connectivity index (χ0v) is 12.0. The van der Waals surface area contributed by atoms with Crippen LogP contribution < -0.4 is 5.32 Å². The molecule has 0 fully saturated rings.